The number of alkyl halides is 3. The zero-order valence-corrected chi connectivity index (χ0v) is 16.9. The highest BCUT2D eigenvalue weighted by atomic mass is 35.5. The summed E-state index contributed by atoms with van der Waals surface area (Å²) in [6.45, 7) is 1.04. The Morgan fingerprint density at radius 1 is 1.13 bits per heavy atom. The fourth-order valence-corrected chi connectivity index (χ4v) is 3.47. The Hall–Kier alpha value is -3.23. The number of carbonyl (C=O) groups is 1. The molecule has 0 saturated heterocycles. The molecule has 0 atom stereocenters. The first-order valence-electron chi connectivity index (χ1n) is 9.39. The van der Waals surface area contributed by atoms with Gasteiger partial charge < -0.3 is 14.8 Å². The third-order valence-corrected chi connectivity index (χ3v) is 4.86. The summed E-state index contributed by atoms with van der Waals surface area (Å²) >= 11 is 4.73. The number of benzene rings is 2. The molecule has 0 aliphatic carbocycles. The van der Waals surface area contributed by atoms with Crippen LogP contribution in [0.1, 0.15) is 21.5 Å². The maximum Gasteiger partial charge on any atom is 0.487 e. The molecule has 4 rings (SSSR count). The summed E-state index contributed by atoms with van der Waals surface area (Å²) in [6.07, 6.45) is 2.15. The van der Waals surface area contributed by atoms with Gasteiger partial charge in [-0.2, -0.15) is 0 Å². The average molecular weight is 447 g/mol. The molecule has 1 amide bonds. The molecule has 31 heavy (non-hydrogen) atoms. The van der Waals surface area contributed by atoms with Gasteiger partial charge in [-0.1, -0.05) is 12.1 Å². The van der Waals surface area contributed by atoms with Crippen LogP contribution in [0.25, 0.3) is 5.69 Å². The van der Waals surface area contributed by atoms with Gasteiger partial charge in [0.05, 0.1) is 24.5 Å². The zero-order chi connectivity index (χ0) is 22.0. The number of fused-ring (bicyclic) bond motifs is 1. The van der Waals surface area contributed by atoms with Gasteiger partial charge in [0.2, 0.25) is 0 Å². The van der Waals surface area contributed by atoms with Crippen molar-refractivity contribution in [3.8, 4) is 11.4 Å². The number of nitrogens with zero attached hydrogens (tertiary/aromatic N) is 1. The first-order chi connectivity index (χ1) is 14.8. The highest BCUT2D eigenvalue weighted by Crippen LogP contribution is 2.26. The Balaban J connectivity index is 1.58. The number of nitrogens with one attached hydrogen (secondary N) is 1. The van der Waals surface area contributed by atoms with E-state index < -0.39 is 11.5 Å². The third-order valence-electron chi connectivity index (χ3n) is 4.78. The Morgan fingerprint density at radius 2 is 1.90 bits per heavy atom. The minimum Gasteiger partial charge on any atom is -0.420 e. The molecule has 0 fully saturated rings. The van der Waals surface area contributed by atoms with Gasteiger partial charge >= 0.3 is 5.57 Å². The van der Waals surface area contributed by atoms with Crippen molar-refractivity contribution in [3.63, 3.8) is 0 Å². The van der Waals surface area contributed by atoms with E-state index in [4.69, 9.17) is 16.3 Å². The lowest BCUT2D eigenvalue weighted by atomic mass is 10.0. The summed E-state index contributed by atoms with van der Waals surface area (Å²) in [5, 5.41) is 2.66. The number of carbonyl (C=O) groups excluding carboxylic acids is 1. The van der Waals surface area contributed by atoms with Crippen molar-refractivity contribution < 1.29 is 23.0 Å². The van der Waals surface area contributed by atoms with Gasteiger partial charge in [-0.15, -0.1) is 8.78 Å². The van der Waals surface area contributed by atoms with Gasteiger partial charge in [-0.25, -0.2) is 0 Å². The molecule has 9 heteroatoms. The van der Waals surface area contributed by atoms with E-state index in [1.54, 1.807) is 0 Å². The minimum atomic E-state index is -3.82. The van der Waals surface area contributed by atoms with Crippen molar-refractivity contribution in [1.29, 1.82) is 0 Å². The Kier molecular flexibility index (Phi) is 5.75. The smallest absolute Gasteiger partial charge is 0.420 e. The van der Waals surface area contributed by atoms with Gasteiger partial charge in [-0.3, -0.25) is 14.2 Å². The molecule has 0 unspecified atom stereocenters. The Morgan fingerprint density at radius 3 is 2.65 bits per heavy atom. The van der Waals surface area contributed by atoms with Crippen LogP contribution in [-0.4, -0.2) is 22.6 Å². The summed E-state index contributed by atoms with van der Waals surface area (Å²) < 4.78 is 36.5. The lowest BCUT2D eigenvalue weighted by Gasteiger charge is -2.20. The van der Waals surface area contributed by atoms with E-state index in [9.17, 15) is 18.4 Å². The maximum atomic E-state index is 12.7. The molecule has 1 N–H and O–H groups in total. The van der Waals surface area contributed by atoms with Crippen LogP contribution in [0.4, 0.5) is 14.5 Å². The maximum absolute atomic E-state index is 12.7. The van der Waals surface area contributed by atoms with Crippen molar-refractivity contribution in [2.45, 2.75) is 18.6 Å². The normalized spacial score (nSPS) is 13.4. The van der Waals surface area contributed by atoms with Crippen LogP contribution < -0.4 is 15.6 Å². The predicted molar refractivity (Wildman–Crippen MR) is 111 cm³/mol. The summed E-state index contributed by atoms with van der Waals surface area (Å²) in [5.74, 6) is -0.609. The first-order valence-corrected chi connectivity index (χ1v) is 9.77. The van der Waals surface area contributed by atoms with E-state index in [0.29, 0.717) is 31.0 Å². The molecule has 2 aromatic carbocycles. The molecule has 1 aliphatic heterocycles. The largest absolute Gasteiger partial charge is 0.487 e. The molecule has 6 nitrogen and oxygen atoms in total. The minimum absolute atomic E-state index is 0.149. The standard InChI is InChI=1S/C22H17ClF2N2O4/c23-22(24,25)31-17-7-5-16(6-8-17)26-21(29)14-4-9-20(28)27(12-14)19-3-1-2-15-13-30-11-10-18(15)19/h1-9,12H,10-11,13H2,(H,26,29). The van der Waals surface area contributed by atoms with E-state index in [1.165, 1.54) is 47.2 Å². The van der Waals surface area contributed by atoms with Crippen LogP contribution in [0.3, 0.4) is 0 Å². The van der Waals surface area contributed by atoms with E-state index in [1.807, 2.05) is 18.2 Å². The van der Waals surface area contributed by atoms with E-state index in [0.717, 1.165) is 11.1 Å². The van der Waals surface area contributed by atoms with E-state index in [2.05, 4.69) is 10.1 Å². The monoisotopic (exact) mass is 446 g/mol. The van der Waals surface area contributed by atoms with E-state index >= 15 is 0 Å². The van der Waals surface area contributed by atoms with Gasteiger partial charge in [0.15, 0.2) is 0 Å². The second kappa shape index (κ2) is 8.49. The summed E-state index contributed by atoms with van der Waals surface area (Å²) in [5.41, 5.74) is -0.722. The van der Waals surface area contributed by atoms with Crippen molar-refractivity contribution in [1.82, 2.24) is 4.57 Å². The number of anilines is 1. The highest BCUT2D eigenvalue weighted by molar-refractivity contribution is 6.20. The fraction of sp³-hybridized carbons (Fsp3) is 0.182. The van der Waals surface area contributed by atoms with Gasteiger partial charge in [-0.05, 0) is 53.9 Å². The summed E-state index contributed by atoms with van der Waals surface area (Å²) in [6, 6.07) is 13.7. The van der Waals surface area contributed by atoms with Crippen molar-refractivity contribution in [2.75, 3.05) is 11.9 Å². The zero-order valence-electron chi connectivity index (χ0n) is 16.1. The molecule has 3 aromatic rings. The topological polar surface area (TPSA) is 69.6 Å². The van der Waals surface area contributed by atoms with E-state index in [-0.39, 0.29) is 16.9 Å². The first kappa shape index (κ1) is 21.0. The molecular formula is C22H17ClF2N2O4. The van der Waals surface area contributed by atoms with Gasteiger partial charge in [0, 0.05) is 29.6 Å². The van der Waals surface area contributed by atoms with Crippen LogP contribution >= 0.6 is 11.6 Å². The molecule has 0 radical (unpaired) electrons. The highest BCUT2D eigenvalue weighted by Gasteiger charge is 2.27. The number of hydrogen-bond donors (Lipinski definition) is 1. The molecule has 1 aliphatic rings. The van der Waals surface area contributed by atoms with Crippen molar-refractivity contribution >= 4 is 23.2 Å². The Bertz CT molecular complexity index is 1170. The lowest BCUT2D eigenvalue weighted by Crippen LogP contribution is -2.23. The third kappa shape index (κ3) is 4.92. The number of hydrogen-bond acceptors (Lipinski definition) is 4. The number of ether oxygens (including phenoxy) is 2. The molecular weight excluding hydrogens is 430 g/mol. The van der Waals surface area contributed by atoms with Gasteiger partial charge in [0.1, 0.15) is 5.75 Å². The van der Waals surface area contributed by atoms with Gasteiger partial charge in [0.25, 0.3) is 11.5 Å². The molecule has 0 saturated carbocycles. The fourth-order valence-electron chi connectivity index (χ4n) is 3.38. The SMILES string of the molecule is O=C(Nc1ccc(OC(F)(F)Cl)cc1)c1ccc(=O)n(-c2cccc3c2CCOC3)c1. The number of rotatable bonds is 5. The molecule has 0 bridgehead atoms. The lowest BCUT2D eigenvalue weighted by molar-refractivity contribution is -0.0964. The van der Waals surface area contributed by atoms with Crippen molar-refractivity contribution in [3.05, 3.63) is 87.8 Å². The van der Waals surface area contributed by atoms with Crippen LogP contribution in [0, 0.1) is 0 Å². The number of halogens is 3. The number of amides is 1. The van der Waals surface area contributed by atoms with Crippen LogP contribution in [0.15, 0.2) is 65.6 Å². The molecule has 2 heterocycles. The Labute approximate surface area is 181 Å². The molecule has 160 valence electrons. The number of pyridine rings is 1. The summed E-state index contributed by atoms with van der Waals surface area (Å²) in [4.78, 5) is 25.2. The molecule has 1 aromatic heterocycles. The molecule has 0 spiro atoms. The average Bonchev–Trinajstić information content (AvgIpc) is 2.74. The predicted octanol–water partition coefficient (Wildman–Crippen LogP) is 4.33. The second-order valence-corrected chi connectivity index (χ2v) is 7.31. The quantitative estimate of drug-likeness (QED) is 0.592. The van der Waals surface area contributed by atoms with Crippen LogP contribution in [0.2, 0.25) is 0 Å². The second-order valence-electron chi connectivity index (χ2n) is 6.87. The van der Waals surface area contributed by atoms with Crippen LogP contribution in [-0.2, 0) is 17.8 Å². The van der Waals surface area contributed by atoms with Crippen molar-refractivity contribution in [2.24, 2.45) is 0 Å². The summed E-state index contributed by atoms with van der Waals surface area (Å²) in [7, 11) is 0. The van der Waals surface area contributed by atoms with Crippen LogP contribution in [0.5, 0.6) is 5.75 Å². The number of aromatic nitrogens is 1.